The molecular weight excluding hydrogens is 296 g/mol. The summed E-state index contributed by atoms with van der Waals surface area (Å²) in [5.41, 5.74) is 1.32. The maximum atomic E-state index is 12.6. The quantitative estimate of drug-likeness (QED) is 0.735. The Labute approximate surface area is 135 Å². The van der Waals surface area contributed by atoms with E-state index in [1.165, 1.54) is 7.11 Å². The van der Waals surface area contributed by atoms with Crippen LogP contribution in [0.2, 0.25) is 0 Å². The number of ether oxygens (including phenoxy) is 4. The van der Waals surface area contributed by atoms with Crippen molar-refractivity contribution in [3.63, 3.8) is 0 Å². The second kappa shape index (κ2) is 7.54. The number of carbonyl (C=O) groups is 1. The first-order valence-corrected chi connectivity index (χ1v) is 7.09. The van der Waals surface area contributed by atoms with Crippen LogP contribution in [-0.4, -0.2) is 34.2 Å². The average molecular weight is 316 g/mol. The maximum Gasteiger partial charge on any atom is 0.167 e. The molecule has 0 bridgehead atoms. The fraction of sp³-hybridized carbons (Fsp3) is 0.278. The van der Waals surface area contributed by atoms with Crippen LogP contribution in [0, 0.1) is 0 Å². The van der Waals surface area contributed by atoms with Gasteiger partial charge in [0.25, 0.3) is 0 Å². The number of carbonyl (C=O) groups excluding carboxylic acids is 1. The average Bonchev–Trinajstić information content (AvgIpc) is 2.60. The molecule has 0 atom stereocenters. The predicted molar refractivity (Wildman–Crippen MR) is 87.1 cm³/mol. The summed E-state index contributed by atoms with van der Waals surface area (Å²) in [6.07, 6.45) is 0.204. The first-order chi connectivity index (χ1) is 11.1. The number of hydrogen-bond acceptors (Lipinski definition) is 5. The molecule has 0 saturated heterocycles. The Morgan fingerprint density at radius 3 is 2.13 bits per heavy atom. The van der Waals surface area contributed by atoms with Crippen LogP contribution in [0.1, 0.15) is 15.9 Å². The van der Waals surface area contributed by atoms with Crippen molar-refractivity contribution in [1.82, 2.24) is 0 Å². The van der Waals surface area contributed by atoms with E-state index in [-0.39, 0.29) is 12.2 Å². The molecule has 0 spiro atoms. The molecule has 23 heavy (non-hydrogen) atoms. The lowest BCUT2D eigenvalue weighted by molar-refractivity contribution is 0.0991. The number of benzene rings is 2. The van der Waals surface area contributed by atoms with E-state index in [0.29, 0.717) is 28.6 Å². The van der Waals surface area contributed by atoms with Gasteiger partial charge >= 0.3 is 0 Å². The van der Waals surface area contributed by atoms with Crippen LogP contribution >= 0.6 is 0 Å². The summed E-state index contributed by atoms with van der Waals surface area (Å²) >= 11 is 0. The lowest BCUT2D eigenvalue weighted by Crippen LogP contribution is -2.06. The van der Waals surface area contributed by atoms with Gasteiger partial charge in [0.15, 0.2) is 28.8 Å². The number of ketones is 1. The lowest BCUT2D eigenvalue weighted by Gasteiger charge is -2.13. The van der Waals surface area contributed by atoms with E-state index in [2.05, 4.69) is 0 Å². The lowest BCUT2D eigenvalue weighted by atomic mass is 10.0. The van der Waals surface area contributed by atoms with E-state index < -0.39 is 0 Å². The second-order valence-electron chi connectivity index (χ2n) is 4.82. The predicted octanol–water partition coefficient (Wildman–Crippen LogP) is 3.15. The van der Waals surface area contributed by atoms with Crippen molar-refractivity contribution in [1.29, 1.82) is 0 Å². The van der Waals surface area contributed by atoms with Gasteiger partial charge in [0.1, 0.15) is 0 Å². The number of para-hydroxylation sites is 1. The standard InChI is InChI=1S/C18H20O5/c1-20-15-9-8-12(11-17(15)22-3)14(19)10-13-6-5-7-16(21-2)18(13)23-4/h5-9,11H,10H2,1-4H3. The molecule has 0 N–H and O–H groups in total. The highest BCUT2D eigenvalue weighted by molar-refractivity contribution is 5.98. The van der Waals surface area contributed by atoms with Crippen LogP contribution in [-0.2, 0) is 6.42 Å². The second-order valence-corrected chi connectivity index (χ2v) is 4.82. The van der Waals surface area contributed by atoms with Crippen molar-refractivity contribution >= 4 is 5.78 Å². The number of rotatable bonds is 7. The molecule has 0 fully saturated rings. The summed E-state index contributed by atoms with van der Waals surface area (Å²) in [6.45, 7) is 0. The third kappa shape index (κ3) is 3.56. The van der Waals surface area contributed by atoms with E-state index in [0.717, 1.165) is 5.56 Å². The van der Waals surface area contributed by atoms with Gasteiger partial charge in [0, 0.05) is 17.5 Å². The fourth-order valence-electron chi connectivity index (χ4n) is 2.38. The van der Waals surface area contributed by atoms with Gasteiger partial charge in [-0.05, 0) is 24.3 Å². The summed E-state index contributed by atoms with van der Waals surface area (Å²) in [5.74, 6) is 2.24. The normalized spacial score (nSPS) is 10.1. The molecule has 2 aromatic rings. The summed E-state index contributed by atoms with van der Waals surface area (Å²) in [7, 11) is 6.22. The van der Waals surface area contributed by atoms with Crippen molar-refractivity contribution in [3.05, 3.63) is 47.5 Å². The topological polar surface area (TPSA) is 54.0 Å². The van der Waals surface area contributed by atoms with E-state index in [9.17, 15) is 4.79 Å². The Hall–Kier alpha value is -2.69. The zero-order valence-electron chi connectivity index (χ0n) is 13.7. The minimum Gasteiger partial charge on any atom is -0.493 e. The maximum absolute atomic E-state index is 12.6. The van der Waals surface area contributed by atoms with Gasteiger partial charge in [-0.15, -0.1) is 0 Å². The van der Waals surface area contributed by atoms with Crippen LogP contribution in [0.15, 0.2) is 36.4 Å². The molecular formula is C18H20O5. The first kappa shape index (κ1) is 16.7. The molecule has 0 radical (unpaired) electrons. The van der Waals surface area contributed by atoms with Crippen molar-refractivity contribution in [2.75, 3.05) is 28.4 Å². The van der Waals surface area contributed by atoms with Crippen LogP contribution in [0.25, 0.3) is 0 Å². The van der Waals surface area contributed by atoms with Crippen molar-refractivity contribution < 1.29 is 23.7 Å². The molecule has 2 aromatic carbocycles. The van der Waals surface area contributed by atoms with Gasteiger partial charge in [-0.2, -0.15) is 0 Å². The van der Waals surface area contributed by atoms with Gasteiger partial charge < -0.3 is 18.9 Å². The Morgan fingerprint density at radius 2 is 1.52 bits per heavy atom. The molecule has 0 aromatic heterocycles. The van der Waals surface area contributed by atoms with Crippen molar-refractivity contribution in [2.24, 2.45) is 0 Å². The molecule has 0 amide bonds. The van der Waals surface area contributed by atoms with E-state index in [1.807, 2.05) is 12.1 Å². The first-order valence-electron chi connectivity index (χ1n) is 7.09. The van der Waals surface area contributed by atoms with Crippen molar-refractivity contribution in [2.45, 2.75) is 6.42 Å². The molecule has 0 saturated carbocycles. The summed E-state index contributed by atoms with van der Waals surface area (Å²) in [6, 6.07) is 10.6. The summed E-state index contributed by atoms with van der Waals surface area (Å²) in [4.78, 5) is 12.6. The molecule has 2 rings (SSSR count). The Kier molecular flexibility index (Phi) is 5.46. The Bertz CT molecular complexity index is 694. The highest BCUT2D eigenvalue weighted by atomic mass is 16.5. The van der Waals surface area contributed by atoms with Gasteiger partial charge in [-0.1, -0.05) is 12.1 Å². The van der Waals surface area contributed by atoms with Gasteiger partial charge in [0.2, 0.25) is 0 Å². The highest BCUT2D eigenvalue weighted by Crippen LogP contribution is 2.32. The minimum atomic E-state index is -0.0440. The fourth-order valence-corrected chi connectivity index (χ4v) is 2.38. The molecule has 0 aliphatic carbocycles. The van der Waals surface area contributed by atoms with E-state index >= 15 is 0 Å². The minimum absolute atomic E-state index is 0.0440. The molecule has 5 nitrogen and oxygen atoms in total. The van der Waals surface area contributed by atoms with Gasteiger partial charge in [-0.25, -0.2) is 0 Å². The van der Waals surface area contributed by atoms with E-state index in [1.54, 1.807) is 45.6 Å². The van der Waals surface area contributed by atoms with Crippen LogP contribution in [0.5, 0.6) is 23.0 Å². The van der Waals surface area contributed by atoms with Gasteiger partial charge in [0.05, 0.1) is 28.4 Å². The molecule has 0 aliphatic rings. The molecule has 0 heterocycles. The van der Waals surface area contributed by atoms with Crippen LogP contribution in [0.4, 0.5) is 0 Å². The third-order valence-electron chi connectivity index (χ3n) is 3.54. The van der Waals surface area contributed by atoms with Crippen molar-refractivity contribution in [3.8, 4) is 23.0 Å². The summed E-state index contributed by atoms with van der Waals surface area (Å²) in [5, 5.41) is 0. The van der Waals surface area contributed by atoms with Gasteiger partial charge in [-0.3, -0.25) is 4.79 Å². The highest BCUT2D eigenvalue weighted by Gasteiger charge is 2.16. The van der Waals surface area contributed by atoms with Crippen LogP contribution < -0.4 is 18.9 Å². The number of hydrogen-bond donors (Lipinski definition) is 0. The zero-order chi connectivity index (χ0) is 16.8. The monoisotopic (exact) mass is 316 g/mol. The molecule has 0 aliphatic heterocycles. The number of methoxy groups -OCH3 is 4. The zero-order valence-corrected chi connectivity index (χ0v) is 13.7. The van der Waals surface area contributed by atoms with Crippen LogP contribution in [0.3, 0.4) is 0 Å². The third-order valence-corrected chi connectivity index (χ3v) is 3.54. The largest absolute Gasteiger partial charge is 0.493 e. The SMILES string of the molecule is COc1ccc(C(=O)Cc2cccc(OC)c2OC)cc1OC. The Morgan fingerprint density at radius 1 is 0.826 bits per heavy atom. The Balaban J connectivity index is 2.29. The number of Topliss-reactive ketones (excluding diaryl/α,β-unsaturated/α-hetero) is 1. The molecule has 122 valence electrons. The molecule has 0 unspecified atom stereocenters. The summed E-state index contributed by atoms with van der Waals surface area (Å²) < 4.78 is 21.0. The van der Waals surface area contributed by atoms with E-state index in [4.69, 9.17) is 18.9 Å². The molecule has 5 heteroatoms. The smallest absolute Gasteiger partial charge is 0.167 e.